The minimum Gasteiger partial charge on any atom is -0.490 e. The average Bonchev–Trinajstić information content (AvgIpc) is 2.68. The molecule has 6 nitrogen and oxygen atoms in total. The first kappa shape index (κ1) is 21.6. The molecule has 150 valence electrons. The van der Waals surface area contributed by atoms with Gasteiger partial charge in [0.2, 0.25) is 5.91 Å². The minimum atomic E-state index is -0.395. The molecule has 0 unspecified atom stereocenters. The first-order chi connectivity index (χ1) is 13.5. The Labute approximate surface area is 170 Å². The van der Waals surface area contributed by atoms with E-state index in [1.165, 1.54) is 0 Å². The molecule has 2 amide bonds. The van der Waals surface area contributed by atoms with Gasteiger partial charge in [-0.15, -0.1) is 0 Å². The van der Waals surface area contributed by atoms with Crippen molar-refractivity contribution < 1.29 is 19.1 Å². The number of carbonyl (C=O) groups is 2. The van der Waals surface area contributed by atoms with Gasteiger partial charge in [0.25, 0.3) is 5.91 Å². The summed E-state index contributed by atoms with van der Waals surface area (Å²) in [5, 5.41) is 5.77. The summed E-state index contributed by atoms with van der Waals surface area (Å²) < 4.78 is 11.2. The maximum absolute atomic E-state index is 12.2. The van der Waals surface area contributed by atoms with Gasteiger partial charge in [-0.3, -0.25) is 9.59 Å². The third kappa shape index (κ3) is 5.89. The van der Waals surface area contributed by atoms with Crippen LogP contribution in [0.3, 0.4) is 0 Å². The van der Waals surface area contributed by atoms with Crippen molar-refractivity contribution >= 4 is 23.4 Å². The summed E-state index contributed by atoms with van der Waals surface area (Å²) >= 11 is 5.99. The van der Waals surface area contributed by atoms with Crippen LogP contribution < -0.4 is 20.1 Å². The fourth-order valence-electron chi connectivity index (χ4n) is 2.61. The van der Waals surface area contributed by atoms with Crippen LogP contribution in [-0.4, -0.2) is 31.6 Å². The predicted molar refractivity (Wildman–Crippen MR) is 109 cm³/mol. The van der Waals surface area contributed by atoms with Crippen molar-refractivity contribution in [3.05, 3.63) is 58.6 Å². The van der Waals surface area contributed by atoms with Gasteiger partial charge < -0.3 is 20.1 Å². The Morgan fingerprint density at radius 1 is 1.04 bits per heavy atom. The van der Waals surface area contributed by atoms with Crippen molar-refractivity contribution in [2.45, 2.75) is 26.8 Å². The summed E-state index contributed by atoms with van der Waals surface area (Å²) in [6.45, 7) is 6.57. The van der Waals surface area contributed by atoms with Gasteiger partial charge in [0.15, 0.2) is 11.5 Å². The van der Waals surface area contributed by atoms with Crippen LogP contribution >= 0.6 is 11.6 Å². The van der Waals surface area contributed by atoms with Crippen LogP contribution in [0.15, 0.2) is 42.5 Å². The lowest BCUT2D eigenvalue weighted by Crippen LogP contribution is -2.38. The van der Waals surface area contributed by atoms with Gasteiger partial charge in [0, 0.05) is 0 Å². The smallest absolute Gasteiger partial charge is 0.253 e. The van der Waals surface area contributed by atoms with E-state index in [1.807, 2.05) is 39.0 Å². The quantitative estimate of drug-likeness (QED) is 0.667. The Hall–Kier alpha value is -2.73. The molecule has 0 aromatic heterocycles. The molecular weight excluding hydrogens is 380 g/mol. The number of amides is 2. The Morgan fingerprint density at radius 2 is 1.71 bits per heavy atom. The van der Waals surface area contributed by atoms with Crippen LogP contribution in [0.25, 0.3) is 0 Å². The maximum atomic E-state index is 12.2. The predicted octanol–water partition coefficient (Wildman–Crippen LogP) is 3.74. The van der Waals surface area contributed by atoms with Gasteiger partial charge in [0.05, 0.1) is 36.4 Å². The van der Waals surface area contributed by atoms with Crippen molar-refractivity contribution in [1.29, 1.82) is 0 Å². The molecule has 0 bridgehead atoms. The molecule has 0 aliphatic heterocycles. The molecule has 0 saturated heterocycles. The summed E-state index contributed by atoms with van der Waals surface area (Å²) in [7, 11) is 0. The summed E-state index contributed by atoms with van der Waals surface area (Å²) in [6.07, 6.45) is 0. The monoisotopic (exact) mass is 404 g/mol. The Bertz CT molecular complexity index is 826. The lowest BCUT2D eigenvalue weighted by atomic mass is 10.1. The normalized spacial score (nSPS) is 11.4. The number of hydrogen-bond donors (Lipinski definition) is 2. The van der Waals surface area contributed by atoms with Crippen molar-refractivity contribution in [3.8, 4) is 11.5 Å². The van der Waals surface area contributed by atoms with Crippen molar-refractivity contribution in [2.24, 2.45) is 0 Å². The number of rotatable bonds is 9. The van der Waals surface area contributed by atoms with Gasteiger partial charge in [-0.25, -0.2) is 0 Å². The number of benzene rings is 2. The molecule has 1 atom stereocenters. The lowest BCUT2D eigenvalue weighted by molar-refractivity contribution is -0.120. The van der Waals surface area contributed by atoms with E-state index < -0.39 is 5.91 Å². The highest BCUT2D eigenvalue weighted by Gasteiger charge is 2.15. The third-order valence-corrected chi connectivity index (χ3v) is 4.30. The van der Waals surface area contributed by atoms with Crippen LogP contribution in [0.2, 0.25) is 5.02 Å². The van der Waals surface area contributed by atoms with E-state index in [-0.39, 0.29) is 18.5 Å². The highest BCUT2D eigenvalue weighted by molar-refractivity contribution is 6.33. The molecule has 0 fully saturated rings. The maximum Gasteiger partial charge on any atom is 0.253 e. The van der Waals surface area contributed by atoms with Crippen LogP contribution in [0.5, 0.6) is 11.5 Å². The summed E-state index contributed by atoms with van der Waals surface area (Å²) in [6, 6.07) is 12.0. The number of hydrogen-bond acceptors (Lipinski definition) is 4. The van der Waals surface area contributed by atoms with Gasteiger partial charge in [-0.2, -0.15) is 0 Å². The highest BCUT2D eigenvalue weighted by Crippen LogP contribution is 2.30. The molecule has 0 aliphatic rings. The second-order valence-electron chi connectivity index (χ2n) is 6.02. The topological polar surface area (TPSA) is 76.7 Å². The second-order valence-corrected chi connectivity index (χ2v) is 6.43. The zero-order valence-corrected chi connectivity index (χ0v) is 17.0. The van der Waals surface area contributed by atoms with Crippen LogP contribution in [0, 0.1) is 0 Å². The van der Waals surface area contributed by atoms with Crippen molar-refractivity contribution in [2.75, 3.05) is 19.8 Å². The first-order valence-electron chi connectivity index (χ1n) is 9.17. The fraction of sp³-hybridized carbons (Fsp3) is 0.333. The minimum absolute atomic E-state index is 0.149. The molecule has 7 heteroatoms. The Kier molecular flexibility index (Phi) is 8.14. The van der Waals surface area contributed by atoms with E-state index in [4.69, 9.17) is 21.1 Å². The second kappa shape index (κ2) is 10.6. The summed E-state index contributed by atoms with van der Waals surface area (Å²) in [5.41, 5.74) is 1.20. The molecule has 2 aromatic rings. The van der Waals surface area contributed by atoms with Gasteiger partial charge in [-0.05, 0) is 50.6 Å². The van der Waals surface area contributed by atoms with E-state index in [9.17, 15) is 9.59 Å². The standard InChI is InChI=1S/C21H25ClN2O4/c1-4-27-18-11-10-15(12-19(18)28-5-2)14(3)24-20(25)13-23-21(26)16-8-6-7-9-17(16)22/h6-12,14H,4-5,13H2,1-3H3,(H,23,26)(H,24,25)/t14-/m1/s1. The van der Waals surface area contributed by atoms with E-state index in [0.717, 1.165) is 5.56 Å². The number of carbonyl (C=O) groups excluding carboxylic acids is 2. The first-order valence-corrected chi connectivity index (χ1v) is 9.55. The molecule has 0 heterocycles. The molecule has 2 aromatic carbocycles. The molecule has 0 saturated carbocycles. The Morgan fingerprint density at radius 3 is 2.39 bits per heavy atom. The number of nitrogens with one attached hydrogen (secondary N) is 2. The summed E-state index contributed by atoms with van der Waals surface area (Å²) in [4.78, 5) is 24.3. The van der Waals surface area contributed by atoms with E-state index in [2.05, 4.69) is 10.6 Å². The molecule has 0 aliphatic carbocycles. The van der Waals surface area contributed by atoms with E-state index in [0.29, 0.717) is 35.3 Å². The van der Waals surface area contributed by atoms with E-state index >= 15 is 0 Å². The molecule has 2 rings (SSSR count). The SMILES string of the molecule is CCOc1ccc([C@@H](C)NC(=O)CNC(=O)c2ccccc2Cl)cc1OCC. The fourth-order valence-corrected chi connectivity index (χ4v) is 2.84. The number of ether oxygens (including phenoxy) is 2. The van der Waals surface area contributed by atoms with Crippen LogP contribution in [0.1, 0.15) is 42.7 Å². The molecule has 0 radical (unpaired) electrons. The zero-order chi connectivity index (χ0) is 20.5. The molecular formula is C21H25ClN2O4. The summed E-state index contributed by atoms with van der Waals surface area (Å²) in [5.74, 6) is 0.599. The largest absolute Gasteiger partial charge is 0.490 e. The zero-order valence-electron chi connectivity index (χ0n) is 16.3. The number of halogens is 1. The lowest BCUT2D eigenvalue weighted by Gasteiger charge is -2.18. The highest BCUT2D eigenvalue weighted by atomic mass is 35.5. The Balaban J connectivity index is 1.95. The van der Waals surface area contributed by atoms with Crippen molar-refractivity contribution in [1.82, 2.24) is 10.6 Å². The average molecular weight is 405 g/mol. The molecule has 0 spiro atoms. The molecule has 2 N–H and O–H groups in total. The van der Waals surface area contributed by atoms with Crippen LogP contribution in [0.4, 0.5) is 0 Å². The van der Waals surface area contributed by atoms with E-state index in [1.54, 1.807) is 24.3 Å². The van der Waals surface area contributed by atoms with Gasteiger partial charge in [-0.1, -0.05) is 29.8 Å². The third-order valence-electron chi connectivity index (χ3n) is 3.97. The van der Waals surface area contributed by atoms with Gasteiger partial charge >= 0.3 is 0 Å². The molecule has 28 heavy (non-hydrogen) atoms. The van der Waals surface area contributed by atoms with Crippen molar-refractivity contribution in [3.63, 3.8) is 0 Å². The van der Waals surface area contributed by atoms with Gasteiger partial charge in [0.1, 0.15) is 0 Å². The van der Waals surface area contributed by atoms with Crippen LogP contribution in [-0.2, 0) is 4.79 Å².